The first-order valence-corrected chi connectivity index (χ1v) is 9.94. The second kappa shape index (κ2) is 11.6. The third-order valence-corrected chi connectivity index (χ3v) is 5.23. The summed E-state index contributed by atoms with van der Waals surface area (Å²) in [6.07, 6.45) is 8.29. The first-order valence-electron chi connectivity index (χ1n) is 9.94. The summed E-state index contributed by atoms with van der Waals surface area (Å²) >= 11 is 0. The molecule has 0 amide bonds. The molecule has 1 aliphatic heterocycles. The summed E-state index contributed by atoms with van der Waals surface area (Å²) in [5.41, 5.74) is 3.63. The summed E-state index contributed by atoms with van der Waals surface area (Å²) in [5, 5.41) is 6.71. The van der Waals surface area contributed by atoms with Gasteiger partial charge in [0.1, 0.15) is 5.76 Å². The number of anilines is 1. The van der Waals surface area contributed by atoms with Gasteiger partial charge in [0, 0.05) is 30.9 Å². The maximum absolute atomic E-state index is 5.44. The molecule has 0 unspecified atom stereocenters. The van der Waals surface area contributed by atoms with Crippen LogP contribution in [0.5, 0.6) is 0 Å². The molecule has 1 aromatic rings. The highest BCUT2D eigenvalue weighted by atomic mass is 16.5. The van der Waals surface area contributed by atoms with Crippen molar-refractivity contribution in [2.75, 3.05) is 52.2 Å². The second-order valence-electron chi connectivity index (χ2n) is 6.99. The second-order valence-corrected chi connectivity index (χ2v) is 6.99. The van der Waals surface area contributed by atoms with Gasteiger partial charge in [-0.25, -0.2) is 0 Å². The third kappa shape index (κ3) is 6.56. The van der Waals surface area contributed by atoms with Crippen LogP contribution in [0.2, 0.25) is 0 Å². The van der Waals surface area contributed by atoms with E-state index < -0.39 is 0 Å². The van der Waals surface area contributed by atoms with Crippen LogP contribution in [0.15, 0.2) is 60.4 Å². The van der Waals surface area contributed by atoms with E-state index in [0.29, 0.717) is 12.5 Å². The molecule has 4 nitrogen and oxygen atoms in total. The molecule has 0 radical (unpaired) electrons. The van der Waals surface area contributed by atoms with Crippen LogP contribution in [0.3, 0.4) is 0 Å². The number of allylic oxidation sites excluding steroid dienone is 2. The van der Waals surface area contributed by atoms with E-state index in [4.69, 9.17) is 4.74 Å². The molecule has 0 spiro atoms. The van der Waals surface area contributed by atoms with Gasteiger partial charge in [-0.05, 0) is 69.6 Å². The van der Waals surface area contributed by atoms with Crippen molar-refractivity contribution >= 4 is 5.69 Å². The van der Waals surface area contributed by atoms with Gasteiger partial charge in [-0.2, -0.15) is 0 Å². The number of likely N-dealkylation sites (tertiary alicyclic amines) is 1. The van der Waals surface area contributed by atoms with Crippen LogP contribution < -0.4 is 10.6 Å². The van der Waals surface area contributed by atoms with Crippen molar-refractivity contribution in [1.82, 2.24) is 10.2 Å². The average Bonchev–Trinajstić information content (AvgIpc) is 2.72. The molecule has 0 atom stereocenters. The molecule has 1 aliphatic rings. The number of rotatable bonds is 10. The number of hydrogen-bond donors (Lipinski definition) is 2. The molecule has 0 bridgehead atoms. The van der Waals surface area contributed by atoms with E-state index in [1.54, 1.807) is 7.11 Å². The number of nitrogens with zero attached hydrogens (tertiary/aromatic N) is 1. The molecule has 0 aliphatic carbocycles. The SMILES string of the molecule is C=C/C(CNc1ccc(C2CCN(CCNC)CC2)cc1)=C(\C=C/C)OC. The zero-order valence-corrected chi connectivity index (χ0v) is 17.1. The lowest BCUT2D eigenvalue weighted by Gasteiger charge is -2.32. The zero-order chi connectivity index (χ0) is 19.5. The molecule has 2 N–H and O–H groups in total. The lowest BCUT2D eigenvalue weighted by molar-refractivity contribution is 0.214. The largest absolute Gasteiger partial charge is 0.496 e. The predicted molar refractivity (Wildman–Crippen MR) is 116 cm³/mol. The van der Waals surface area contributed by atoms with Crippen LogP contribution in [0.4, 0.5) is 5.69 Å². The summed E-state index contributed by atoms with van der Waals surface area (Å²) in [5.74, 6) is 1.53. The summed E-state index contributed by atoms with van der Waals surface area (Å²) < 4.78 is 5.44. The van der Waals surface area contributed by atoms with E-state index in [0.717, 1.165) is 30.1 Å². The lowest BCUT2D eigenvalue weighted by Crippen LogP contribution is -2.37. The predicted octanol–water partition coefficient (Wildman–Crippen LogP) is 4.16. The van der Waals surface area contributed by atoms with E-state index in [9.17, 15) is 0 Å². The Hall–Kier alpha value is -2.04. The van der Waals surface area contributed by atoms with E-state index in [1.807, 2.05) is 32.2 Å². The van der Waals surface area contributed by atoms with Gasteiger partial charge in [0.15, 0.2) is 0 Å². The molecular weight excluding hydrogens is 334 g/mol. The molecule has 1 aromatic carbocycles. The van der Waals surface area contributed by atoms with Gasteiger partial charge in [0.25, 0.3) is 0 Å². The molecule has 1 saturated heterocycles. The minimum atomic E-state index is 0.684. The fourth-order valence-electron chi connectivity index (χ4n) is 3.55. The number of nitrogens with one attached hydrogen (secondary N) is 2. The molecule has 1 heterocycles. The third-order valence-electron chi connectivity index (χ3n) is 5.23. The van der Waals surface area contributed by atoms with Crippen LogP contribution in [0.1, 0.15) is 31.2 Å². The monoisotopic (exact) mass is 369 g/mol. The minimum absolute atomic E-state index is 0.684. The Labute approximate surface area is 165 Å². The van der Waals surface area contributed by atoms with Crippen molar-refractivity contribution in [2.45, 2.75) is 25.7 Å². The van der Waals surface area contributed by atoms with Crippen molar-refractivity contribution in [3.63, 3.8) is 0 Å². The fourth-order valence-corrected chi connectivity index (χ4v) is 3.55. The van der Waals surface area contributed by atoms with Crippen LogP contribution in [0, 0.1) is 0 Å². The Kier molecular flexibility index (Phi) is 9.16. The molecule has 0 saturated carbocycles. The quantitative estimate of drug-likeness (QED) is 0.480. The standard InChI is InChI=1S/C23H35N3O/c1-5-7-23(27-4)19(6-2)18-25-22-10-8-20(9-11-22)21-12-15-26(16-13-21)17-14-24-3/h5-11,21,24-25H,2,12-18H2,1,3-4H3/b7-5-,23-19-. The maximum Gasteiger partial charge on any atom is 0.123 e. The average molecular weight is 370 g/mol. The Bertz CT molecular complexity index is 626. The number of ether oxygens (including phenoxy) is 1. The van der Waals surface area contributed by atoms with Gasteiger partial charge >= 0.3 is 0 Å². The van der Waals surface area contributed by atoms with Gasteiger partial charge in [0.2, 0.25) is 0 Å². The van der Waals surface area contributed by atoms with Crippen LogP contribution in [0.25, 0.3) is 0 Å². The molecular formula is C23H35N3O. The van der Waals surface area contributed by atoms with E-state index >= 15 is 0 Å². The zero-order valence-electron chi connectivity index (χ0n) is 17.1. The number of hydrogen-bond acceptors (Lipinski definition) is 4. The van der Waals surface area contributed by atoms with Gasteiger partial charge in [-0.15, -0.1) is 0 Å². The number of methoxy groups -OCH3 is 1. The van der Waals surface area contributed by atoms with E-state index in [1.165, 1.54) is 31.5 Å². The highest BCUT2D eigenvalue weighted by Crippen LogP contribution is 2.28. The van der Waals surface area contributed by atoms with Crippen LogP contribution in [-0.2, 0) is 4.74 Å². The Morgan fingerprint density at radius 2 is 1.96 bits per heavy atom. The van der Waals surface area contributed by atoms with Gasteiger partial charge in [-0.3, -0.25) is 0 Å². The molecule has 27 heavy (non-hydrogen) atoms. The van der Waals surface area contributed by atoms with Crippen molar-refractivity contribution in [1.29, 1.82) is 0 Å². The maximum atomic E-state index is 5.44. The highest BCUT2D eigenvalue weighted by molar-refractivity contribution is 5.47. The van der Waals surface area contributed by atoms with Gasteiger partial charge in [0.05, 0.1) is 7.11 Å². The summed E-state index contributed by atoms with van der Waals surface area (Å²) in [6.45, 7) is 11.2. The smallest absolute Gasteiger partial charge is 0.123 e. The molecule has 148 valence electrons. The van der Waals surface area contributed by atoms with E-state index in [2.05, 4.69) is 46.4 Å². The molecule has 4 heteroatoms. The summed E-state index contributed by atoms with van der Waals surface area (Å²) in [6, 6.07) is 8.92. The van der Waals surface area contributed by atoms with Crippen molar-refractivity contribution in [3.8, 4) is 0 Å². The van der Waals surface area contributed by atoms with Crippen LogP contribution >= 0.6 is 0 Å². The summed E-state index contributed by atoms with van der Waals surface area (Å²) in [7, 11) is 3.71. The topological polar surface area (TPSA) is 36.5 Å². The molecule has 0 aromatic heterocycles. The number of piperidine rings is 1. The highest BCUT2D eigenvalue weighted by Gasteiger charge is 2.20. The van der Waals surface area contributed by atoms with Gasteiger partial charge < -0.3 is 20.3 Å². The van der Waals surface area contributed by atoms with Crippen molar-refractivity contribution < 1.29 is 4.74 Å². The van der Waals surface area contributed by atoms with Gasteiger partial charge in [-0.1, -0.05) is 30.9 Å². The van der Waals surface area contributed by atoms with Crippen LogP contribution in [-0.4, -0.2) is 51.8 Å². The Morgan fingerprint density at radius 1 is 1.26 bits per heavy atom. The van der Waals surface area contributed by atoms with Crippen molar-refractivity contribution in [3.05, 3.63) is 66.0 Å². The minimum Gasteiger partial charge on any atom is -0.496 e. The van der Waals surface area contributed by atoms with E-state index in [-0.39, 0.29) is 0 Å². The molecule has 2 rings (SSSR count). The summed E-state index contributed by atoms with van der Waals surface area (Å²) in [4.78, 5) is 2.56. The first-order chi connectivity index (χ1) is 13.2. The number of benzene rings is 1. The fraction of sp³-hybridized carbons (Fsp3) is 0.478. The number of likely N-dealkylation sites (N-methyl/N-ethyl adjacent to an activating group) is 1. The first kappa shape index (κ1) is 21.3. The Morgan fingerprint density at radius 3 is 2.52 bits per heavy atom. The van der Waals surface area contributed by atoms with Crippen molar-refractivity contribution in [2.24, 2.45) is 0 Å². The lowest BCUT2D eigenvalue weighted by atomic mass is 9.89. The Balaban J connectivity index is 1.89. The molecule has 1 fully saturated rings. The normalized spacial score (nSPS) is 17.0.